The third-order valence-corrected chi connectivity index (χ3v) is 6.20. The molecule has 1 aromatic heterocycles. The average molecular weight is 355 g/mol. The highest BCUT2D eigenvalue weighted by atomic mass is 19.1. The molecular formula is C21H26FN3O. The van der Waals surface area contributed by atoms with Gasteiger partial charge in [0.05, 0.1) is 23.6 Å². The fourth-order valence-electron chi connectivity index (χ4n) is 4.90. The van der Waals surface area contributed by atoms with Gasteiger partial charge in [-0.15, -0.1) is 0 Å². The van der Waals surface area contributed by atoms with Crippen molar-refractivity contribution in [3.8, 4) is 0 Å². The molecule has 3 unspecified atom stereocenters. The molecule has 1 amide bonds. The smallest absolute Gasteiger partial charge is 0.224 e. The maximum absolute atomic E-state index is 13.4. The summed E-state index contributed by atoms with van der Waals surface area (Å²) in [6.07, 6.45) is 5.81. The van der Waals surface area contributed by atoms with Crippen LogP contribution in [0, 0.1) is 37.4 Å². The number of carbonyl (C=O) groups is 1. The number of aromatic nitrogens is 2. The fourth-order valence-corrected chi connectivity index (χ4v) is 4.90. The number of carbonyl (C=O) groups excluding carboxylic acids is 1. The third-order valence-electron chi connectivity index (χ3n) is 6.20. The number of hydrogen-bond acceptors (Lipinski definition) is 2. The Hall–Kier alpha value is -2.17. The van der Waals surface area contributed by atoms with Crippen molar-refractivity contribution < 1.29 is 9.18 Å². The summed E-state index contributed by atoms with van der Waals surface area (Å²) in [7, 11) is 0. The molecule has 2 saturated carbocycles. The predicted molar refractivity (Wildman–Crippen MR) is 99.4 cm³/mol. The number of fused-ring (bicyclic) bond motifs is 2. The van der Waals surface area contributed by atoms with Crippen molar-refractivity contribution in [3.63, 3.8) is 0 Å². The molecule has 3 atom stereocenters. The van der Waals surface area contributed by atoms with E-state index < -0.39 is 0 Å². The minimum Gasteiger partial charge on any atom is -0.323 e. The van der Waals surface area contributed by atoms with E-state index in [9.17, 15) is 9.18 Å². The second-order valence-electron chi connectivity index (χ2n) is 8.02. The molecule has 0 radical (unpaired) electrons. The topological polar surface area (TPSA) is 46.9 Å². The molecule has 2 aliphatic rings. The molecule has 4 nitrogen and oxygen atoms in total. The lowest BCUT2D eigenvalue weighted by Crippen LogP contribution is -2.20. The van der Waals surface area contributed by atoms with Crippen LogP contribution in [0.5, 0.6) is 0 Å². The molecule has 0 aliphatic heterocycles. The van der Waals surface area contributed by atoms with Gasteiger partial charge in [0, 0.05) is 6.42 Å². The predicted octanol–water partition coefficient (Wildman–Crippen LogP) is 4.45. The van der Waals surface area contributed by atoms with Crippen LogP contribution in [0.1, 0.15) is 49.1 Å². The molecule has 0 spiro atoms. The van der Waals surface area contributed by atoms with Gasteiger partial charge in [0.1, 0.15) is 5.82 Å². The van der Waals surface area contributed by atoms with Gasteiger partial charge in [0.2, 0.25) is 5.91 Å². The molecular weight excluding hydrogens is 329 g/mol. The third kappa shape index (κ3) is 3.39. The summed E-state index contributed by atoms with van der Waals surface area (Å²) in [6, 6.07) is 6.54. The zero-order valence-corrected chi connectivity index (χ0v) is 15.5. The molecule has 138 valence electrons. The van der Waals surface area contributed by atoms with Gasteiger partial charge in [-0.2, -0.15) is 5.10 Å². The second-order valence-corrected chi connectivity index (χ2v) is 8.02. The minimum atomic E-state index is -0.247. The zero-order chi connectivity index (χ0) is 18.3. The first kappa shape index (κ1) is 17.3. The number of nitrogens with one attached hydrogen (secondary N) is 1. The molecule has 1 N–H and O–H groups in total. The maximum Gasteiger partial charge on any atom is 0.224 e. The number of anilines is 1. The molecule has 0 saturated heterocycles. The lowest BCUT2D eigenvalue weighted by atomic mass is 9.86. The van der Waals surface area contributed by atoms with E-state index in [0.717, 1.165) is 34.5 Å². The quantitative estimate of drug-likeness (QED) is 0.861. The summed E-state index contributed by atoms with van der Waals surface area (Å²) in [4.78, 5) is 12.6. The second kappa shape index (κ2) is 6.86. The Balaban J connectivity index is 1.43. The van der Waals surface area contributed by atoms with Gasteiger partial charge in [-0.1, -0.05) is 18.6 Å². The Labute approximate surface area is 153 Å². The van der Waals surface area contributed by atoms with Crippen molar-refractivity contribution in [2.75, 3.05) is 5.32 Å². The number of amides is 1. The molecule has 26 heavy (non-hydrogen) atoms. The van der Waals surface area contributed by atoms with Crippen LogP contribution in [-0.4, -0.2) is 15.7 Å². The number of rotatable bonds is 5. The van der Waals surface area contributed by atoms with Crippen LogP contribution in [0.25, 0.3) is 0 Å². The van der Waals surface area contributed by atoms with Crippen LogP contribution in [0.2, 0.25) is 0 Å². The van der Waals surface area contributed by atoms with Gasteiger partial charge in [0.25, 0.3) is 0 Å². The Morgan fingerprint density at radius 3 is 2.85 bits per heavy atom. The van der Waals surface area contributed by atoms with Crippen molar-refractivity contribution in [3.05, 3.63) is 47.0 Å². The first-order valence-electron chi connectivity index (χ1n) is 9.58. The molecule has 2 aromatic rings. The maximum atomic E-state index is 13.4. The Morgan fingerprint density at radius 2 is 2.15 bits per heavy atom. The van der Waals surface area contributed by atoms with E-state index >= 15 is 0 Å². The summed E-state index contributed by atoms with van der Waals surface area (Å²) in [5, 5.41) is 7.62. The van der Waals surface area contributed by atoms with Crippen molar-refractivity contribution in [2.24, 2.45) is 17.8 Å². The van der Waals surface area contributed by atoms with Crippen molar-refractivity contribution in [2.45, 2.75) is 52.5 Å². The van der Waals surface area contributed by atoms with Gasteiger partial charge in [0.15, 0.2) is 0 Å². The van der Waals surface area contributed by atoms with E-state index in [1.807, 2.05) is 24.6 Å². The first-order valence-corrected chi connectivity index (χ1v) is 9.58. The highest BCUT2D eigenvalue weighted by Gasteiger charge is 2.40. The van der Waals surface area contributed by atoms with E-state index in [1.54, 1.807) is 6.07 Å². The molecule has 2 fully saturated rings. The summed E-state index contributed by atoms with van der Waals surface area (Å²) < 4.78 is 15.2. The number of halogens is 1. The highest BCUT2D eigenvalue weighted by Crippen LogP contribution is 2.49. The largest absolute Gasteiger partial charge is 0.323 e. The van der Waals surface area contributed by atoms with Gasteiger partial charge >= 0.3 is 0 Å². The van der Waals surface area contributed by atoms with Crippen LogP contribution in [-0.2, 0) is 11.3 Å². The van der Waals surface area contributed by atoms with E-state index in [0.29, 0.717) is 18.9 Å². The lowest BCUT2D eigenvalue weighted by Gasteiger charge is -2.20. The number of nitrogens with zero attached hydrogens (tertiary/aromatic N) is 2. The monoisotopic (exact) mass is 355 g/mol. The van der Waals surface area contributed by atoms with Crippen LogP contribution in [0.3, 0.4) is 0 Å². The average Bonchev–Trinajstić information content (AvgIpc) is 3.27. The van der Waals surface area contributed by atoms with Gasteiger partial charge in [-0.25, -0.2) is 4.39 Å². The lowest BCUT2D eigenvalue weighted by molar-refractivity contribution is -0.117. The van der Waals surface area contributed by atoms with E-state index in [4.69, 9.17) is 0 Å². The zero-order valence-electron chi connectivity index (χ0n) is 15.5. The Kier molecular flexibility index (Phi) is 4.55. The number of benzene rings is 1. The Morgan fingerprint density at radius 1 is 1.31 bits per heavy atom. The molecule has 2 bridgehead atoms. The molecule has 5 heteroatoms. The van der Waals surface area contributed by atoms with E-state index in [1.165, 1.54) is 37.8 Å². The summed E-state index contributed by atoms with van der Waals surface area (Å²) >= 11 is 0. The van der Waals surface area contributed by atoms with Gasteiger partial charge < -0.3 is 5.32 Å². The highest BCUT2D eigenvalue weighted by molar-refractivity contribution is 5.92. The molecule has 4 rings (SSSR count). The van der Waals surface area contributed by atoms with Gasteiger partial charge in [-0.3, -0.25) is 9.48 Å². The Bertz CT molecular complexity index is 829. The van der Waals surface area contributed by atoms with Crippen molar-refractivity contribution in [1.29, 1.82) is 0 Å². The van der Waals surface area contributed by atoms with Crippen LogP contribution < -0.4 is 5.32 Å². The number of aryl methyl sites for hydroxylation is 1. The SMILES string of the molecule is Cc1nn(Cc2cccc(F)c2)c(C)c1NC(=O)CC1CC2CCC1C2. The first-order chi connectivity index (χ1) is 12.5. The minimum absolute atomic E-state index is 0.0963. The summed E-state index contributed by atoms with van der Waals surface area (Å²) in [5.74, 6) is 2.01. The van der Waals surface area contributed by atoms with E-state index in [2.05, 4.69) is 10.4 Å². The number of hydrogen-bond donors (Lipinski definition) is 1. The molecule has 2 aliphatic carbocycles. The fraction of sp³-hybridized carbons (Fsp3) is 0.524. The van der Waals surface area contributed by atoms with Crippen molar-refractivity contribution in [1.82, 2.24) is 9.78 Å². The van der Waals surface area contributed by atoms with E-state index in [-0.39, 0.29) is 11.7 Å². The van der Waals surface area contributed by atoms with Crippen LogP contribution >= 0.6 is 0 Å². The summed E-state index contributed by atoms with van der Waals surface area (Å²) in [6.45, 7) is 4.35. The van der Waals surface area contributed by atoms with Gasteiger partial charge in [-0.05, 0) is 68.6 Å². The molecule has 1 aromatic carbocycles. The normalized spacial score (nSPS) is 24.2. The standard InChI is InChI=1S/C21H26FN3O/c1-13-21(23-20(26)11-18-9-15-6-7-17(18)8-15)14(2)25(24-13)12-16-4-3-5-19(22)10-16/h3-5,10,15,17-18H,6-9,11-12H2,1-2H3,(H,23,26). The molecule has 1 heterocycles. The van der Waals surface area contributed by atoms with Crippen molar-refractivity contribution >= 4 is 11.6 Å². The van der Waals surface area contributed by atoms with Crippen LogP contribution in [0.15, 0.2) is 24.3 Å². The summed E-state index contributed by atoms with van der Waals surface area (Å²) in [5.41, 5.74) is 3.37. The van der Waals surface area contributed by atoms with Crippen LogP contribution in [0.4, 0.5) is 10.1 Å².